The van der Waals surface area contributed by atoms with Gasteiger partial charge in [0.25, 0.3) is 5.91 Å². The number of benzene rings is 4. The zero-order valence-electron chi connectivity index (χ0n) is 26.1. The monoisotopic (exact) mass is 731 g/mol. The van der Waals surface area contributed by atoms with E-state index in [4.69, 9.17) is 9.84 Å². The standard InChI is InChI=1S/C35H27F10NO5/c36-24-9-7-22(8-10-24)33(23-16-25(37)18-27(17-23)51-35(44,45)32(39)40,46-31(49)21-6-13-29(38)28(15-21)34(41,42)43)19-20-4-11-26(12-5-20)50-14-2-1-3-30(47)48/h4-13,15-18,32H,1-3,14,19H2,(H,46,49)(H,47,48). The van der Waals surface area contributed by atoms with E-state index in [-0.39, 0.29) is 30.2 Å². The number of aliphatic carboxylic acids is 1. The second-order valence-electron chi connectivity index (χ2n) is 11.2. The molecule has 4 aromatic carbocycles. The highest BCUT2D eigenvalue weighted by Gasteiger charge is 2.45. The van der Waals surface area contributed by atoms with Crippen molar-refractivity contribution in [3.63, 3.8) is 0 Å². The number of hydrogen-bond acceptors (Lipinski definition) is 4. The zero-order valence-corrected chi connectivity index (χ0v) is 26.1. The molecule has 1 amide bonds. The molecule has 0 aromatic heterocycles. The highest BCUT2D eigenvalue weighted by molar-refractivity contribution is 5.95. The van der Waals surface area contributed by atoms with Crippen molar-refractivity contribution in [2.24, 2.45) is 0 Å². The number of carbonyl (C=O) groups excluding carboxylic acids is 1. The van der Waals surface area contributed by atoms with Gasteiger partial charge < -0.3 is 19.9 Å². The lowest BCUT2D eigenvalue weighted by molar-refractivity contribution is -0.253. The first-order valence-corrected chi connectivity index (χ1v) is 14.9. The van der Waals surface area contributed by atoms with E-state index in [0.717, 1.165) is 36.4 Å². The molecule has 0 aliphatic carbocycles. The summed E-state index contributed by atoms with van der Waals surface area (Å²) in [4.78, 5) is 24.4. The summed E-state index contributed by atoms with van der Waals surface area (Å²) in [5.74, 6) is -6.90. The van der Waals surface area contributed by atoms with Gasteiger partial charge in [0.05, 0.1) is 17.7 Å². The summed E-state index contributed by atoms with van der Waals surface area (Å²) >= 11 is 0. The van der Waals surface area contributed by atoms with Crippen molar-refractivity contribution in [2.75, 3.05) is 6.61 Å². The van der Waals surface area contributed by atoms with Crippen LogP contribution >= 0.6 is 0 Å². The first kappa shape index (κ1) is 38.5. The average molecular weight is 732 g/mol. The predicted octanol–water partition coefficient (Wildman–Crippen LogP) is 8.91. The summed E-state index contributed by atoms with van der Waals surface area (Å²) in [6, 6.07) is 13.0. The molecule has 0 radical (unpaired) electrons. The number of nitrogens with one attached hydrogen (secondary N) is 1. The van der Waals surface area contributed by atoms with E-state index >= 15 is 4.39 Å². The molecule has 1 atom stereocenters. The van der Waals surface area contributed by atoms with Gasteiger partial charge in [-0.15, -0.1) is 0 Å². The smallest absolute Gasteiger partial charge is 0.461 e. The maximum Gasteiger partial charge on any atom is 0.461 e. The average Bonchev–Trinajstić information content (AvgIpc) is 3.04. The Kier molecular flexibility index (Phi) is 11.9. The summed E-state index contributed by atoms with van der Waals surface area (Å²) in [6.07, 6.45) is -14.4. The fourth-order valence-corrected chi connectivity index (χ4v) is 5.09. The van der Waals surface area contributed by atoms with Crippen molar-refractivity contribution in [1.29, 1.82) is 0 Å². The molecule has 4 aromatic rings. The molecule has 0 aliphatic rings. The van der Waals surface area contributed by atoms with Gasteiger partial charge in [-0.25, -0.2) is 13.2 Å². The SMILES string of the molecule is O=C(O)CCCCOc1ccc(CC(NC(=O)c2ccc(F)c(C(F)(F)F)c2)(c2ccc(F)cc2)c2cc(F)cc(OC(F)(F)C(F)F)c2)cc1. The Balaban J connectivity index is 1.85. The van der Waals surface area contributed by atoms with E-state index in [0.29, 0.717) is 36.8 Å². The number of unbranched alkanes of at least 4 members (excludes halogenated alkanes) is 1. The second-order valence-corrected chi connectivity index (χ2v) is 11.2. The number of amides is 1. The van der Waals surface area contributed by atoms with Crippen LogP contribution in [0, 0.1) is 17.5 Å². The lowest BCUT2D eigenvalue weighted by Crippen LogP contribution is -2.49. The Morgan fingerprint density at radius 2 is 1.41 bits per heavy atom. The number of carbonyl (C=O) groups is 2. The summed E-state index contributed by atoms with van der Waals surface area (Å²) in [5.41, 5.74) is -4.95. The van der Waals surface area contributed by atoms with Gasteiger partial charge >= 0.3 is 24.7 Å². The Bertz CT molecular complexity index is 1830. The van der Waals surface area contributed by atoms with E-state index in [2.05, 4.69) is 10.1 Å². The van der Waals surface area contributed by atoms with E-state index in [1.54, 1.807) is 0 Å². The molecule has 2 N–H and O–H groups in total. The molecule has 0 saturated heterocycles. The third kappa shape index (κ3) is 9.92. The minimum atomic E-state index is -5.22. The molecule has 4 rings (SSSR count). The Hall–Kier alpha value is -5.28. The van der Waals surface area contributed by atoms with Gasteiger partial charge in [-0.3, -0.25) is 9.59 Å². The lowest BCUT2D eigenvalue weighted by Gasteiger charge is -2.37. The molecule has 0 saturated carbocycles. The van der Waals surface area contributed by atoms with E-state index in [1.807, 2.05) is 0 Å². The fourth-order valence-electron chi connectivity index (χ4n) is 5.09. The Morgan fingerprint density at radius 1 is 0.745 bits per heavy atom. The maximum absolute atomic E-state index is 15.1. The molecular formula is C35H27F10NO5. The fraction of sp³-hybridized carbons (Fsp3) is 0.257. The number of halogens is 10. The number of carboxylic acid groups (broad SMARTS) is 1. The highest BCUT2D eigenvalue weighted by Crippen LogP contribution is 2.39. The van der Waals surface area contributed by atoms with Gasteiger partial charge in [-0.1, -0.05) is 24.3 Å². The second kappa shape index (κ2) is 15.7. The lowest BCUT2D eigenvalue weighted by atomic mass is 9.77. The number of alkyl halides is 7. The maximum atomic E-state index is 15.1. The van der Waals surface area contributed by atoms with Crippen LogP contribution in [0.15, 0.2) is 84.9 Å². The minimum absolute atomic E-state index is 0.0679. The van der Waals surface area contributed by atoms with Gasteiger partial charge in [0.1, 0.15) is 29.0 Å². The van der Waals surface area contributed by atoms with E-state index in [1.165, 1.54) is 24.3 Å². The molecular weight excluding hydrogens is 704 g/mol. The molecule has 0 aliphatic heterocycles. The van der Waals surface area contributed by atoms with Crippen molar-refractivity contribution in [3.05, 3.63) is 130 Å². The number of ether oxygens (including phenoxy) is 2. The van der Waals surface area contributed by atoms with Crippen LogP contribution in [0.1, 0.15) is 51.9 Å². The normalized spacial score (nSPS) is 13.1. The molecule has 272 valence electrons. The molecule has 1 unspecified atom stereocenters. The van der Waals surface area contributed by atoms with Gasteiger partial charge in [-0.2, -0.15) is 30.7 Å². The molecule has 16 heteroatoms. The Labute approximate surface area is 283 Å². The van der Waals surface area contributed by atoms with Crippen LogP contribution in [0.5, 0.6) is 11.5 Å². The van der Waals surface area contributed by atoms with Gasteiger partial charge in [0, 0.05) is 24.5 Å². The van der Waals surface area contributed by atoms with Crippen molar-refractivity contribution >= 4 is 11.9 Å². The molecule has 0 heterocycles. The first-order chi connectivity index (χ1) is 23.9. The van der Waals surface area contributed by atoms with Gasteiger partial charge in [0.2, 0.25) is 0 Å². The van der Waals surface area contributed by atoms with Crippen LogP contribution in [0.2, 0.25) is 0 Å². The van der Waals surface area contributed by atoms with Crippen LogP contribution in [-0.2, 0) is 22.9 Å². The quantitative estimate of drug-likeness (QED) is 0.0943. The molecule has 0 spiro atoms. The summed E-state index contributed by atoms with van der Waals surface area (Å²) in [7, 11) is 0. The topological polar surface area (TPSA) is 84.9 Å². The van der Waals surface area contributed by atoms with Crippen molar-refractivity contribution < 1.29 is 68.1 Å². The number of rotatable bonds is 15. The molecule has 0 bridgehead atoms. The van der Waals surface area contributed by atoms with E-state index in [9.17, 15) is 49.1 Å². The van der Waals surface area contributed by atoms with Crippen molar-refractivity contribution in [3.8, 4) is 11.5 Å². The molecule has 51 heavy (non-hydrogen) atoms. The Morgan fingerprint density at radius 3 is 2.02 bits per heavy atom. The largest absolute Gasteiger partial charge is 0.494 e. The summed E-state index contributed by atoms with van der Waals surface area (Å²) in [5, 5.41) is 11.2. The molecule has 0 fully saturated rings. The third-order valence-electron chi connectivity index (χ3n) is 7.52. The predicted molar refractivity (Wildman–Crippen MR) is 161 cm³/mol. The number of hydrogen-bond donors (Lipinski definition) is 2. The van der Waals surface area contributed by atoms with Gasteiger partial charge in [-0.05, 0) is 84.1 Å². The van der Waals surface area contributed by atoms with E-state index < -0.39 is 82.4 Å². The third-order valence-corrected chi connectivity index (χ3v) is 7.52. The van der Waals surface area contributed by atoms with Crippen LogP contribution in [0.4, 0.5) is 43.9 Å². The summed E-state index contributed by atoms with van der Waals surface area (Å²) < 4.78 is 148. The zero-order chi connectivity index (χ0) is 37.6. The van der Waals surface area contributed by atoms with Crippen molar-refractivity contribution in [2.45, 2.75) is 49.9 Å². The van der Waals surface area contributed by atoms with Crippen LogP contribution in [0.3, 0.4) is 0 Å². The minimum Gasteiger partial charge on any atom is -0.494 e. The van der Waals surface area contributed by atoms with Crippen LogP contribution in [0.25, 0.3) is 0 Å². The molecule has 6 nitrogen and oxygen atoms in total. The van der Waals surface area contributed by atoms with Crippen LogP contribution < -0.4 is 14.8 Å². The van der Waals surface area contributed by atoms with Crippen molar-refractivity contribution in [1.82, 2.24) is 5.32 Å². The first-order valence-electron chi connectivity index (χ1n) is 14.9. The number of carboxylic acids is 1. The summed E-state index contributed by atoms with van der Waals surface area (Å²) in [6.45, 7) is 0.148. The van der Waals surface area contributed by atoms with Gasteiger partial charge in [0.15, 0.2) is 0 Å². The van der Waals surface area contributed by atoms with Crippen LogP contribution in [-0.4, -0.2) is 36.1 Å². The highest BCUT2D eigenvalue weighted by atomic mass is 19.4.